The summed E-state index contributed by atoms with van der Waals surface area (Å²) in [4.78, 5) is 2.24. The number of nitrogens with zero attached hydrogens (tertiary/aromatic N) is 1. The van der Waals surface area contributed by atoms with Crippen molar-refractivity contribution in [2.24, 2.45) is 0 Å². The van der Waals surface area contributed by atoms with Crippen LogP contribution in [-0.2, 0) is 0 Å². The van der Waals surface area contributed by atoms with E-state index >= 15 is 0 Å². The van der Waals surface area contributed by atoms with Gasteiger partial charge in [-0.15, -0.1) is 0 Å². The molecule has 1 fully saturated rings. The minimum Gasteiger partial charge on any atom is -0.395 e. The molecule has 0 spiro atoms. The van der Waals surface area contributed by atoms with Crippen LogP contribution in [0.4, 0.5) is 4.39 Å². The number of aliphatic hydroxyl groups excluding tert-OH is 1. The summed E-state index contributed by atoms with van der Waals surface area (Å²) < 4.78 is 13.8. The minimum atomic E-state index is -0.114. The molecule has 2 nitrogen and oxygen atoms in total. The molecule has 1 aromatic rings. The maximum Gasteiger partial charge on any atom is 0.126 e. The summed E-state index contributed by atoms with van der Waals surface area (Å²) in [6, 6.07) is 7.03. The van der Waals surface area contributed by atoms with Gasteiger partial charge in [-0.2, -0.15) is 0 Å². The molecule has 1 N–H and O–H groups in total. The predicted octanol–water partition coefficient (Wildman–Crippen LogP) is 2.39. The maximum atomic E-state index is 13.8. The van der Waals surface area contributed by atoms with Gasteiger partial charge >= 0.3 is 0 Å². The third kappa shape index (κ3) is 2.22. The average molecular weight is 237 g/mol. The second-order valence-electron chi connectivity index (χ2n) is 5.23. The Bertz CT molecular complexity index is 392. The SMILES string of the molecule is CC1(C)[C@@H](c2ccccc2F)CCN1CCO. The number of β-amino-alcohol motifs (C(OH)–C–C–N with tert-alkyl or cyclic N) is 1. The van der Waals surface area contributed by atoms with Crippen LogP contribution in [0.2, 0.25) is 0 Å². The van der Waals surface area contributed by atoms with E-state index in [0.29, 0.717) is 6.54 Å². The second kappa shape index (κ2) is 4.75. The molecule has 94 valence electrons. The second-order valence-corrected chi connectivity index (χ2v) is 5.23. The van der Waals surface area contributed by atoms with Crippen molar-refractivity contribution in [1.82, 2.24) is 4.90 Å². The Balaban J connectivity index is 2.27. The van der Waals surface area contributed by atoms with Crippen molar-refractivity contribution >= 4 is 0 Å². The smallest absolute Gasteiger partial charge is 0.126 e. The molecule has 0 radical (unpaired) electrons. The van der Waals surface area contributed by atoms with E-state index in [1.165, 1.54) is 6.07 Å². The zero-order chi connectivity index (χ0) is 12.5. The van der Waals surface area contributed by atoms with Gasteiger partial charge in [-0.05, 0) is 38.4 Å². The Labute approximate surface area is 102 Å². The van der Waals surface area contributed by atoms with E-state index in [1.807, 2.05) is 12.1 Å². The van der Waals surface area contributed by atoms with Crippen LogP contribution in [-0.4, -0.2) is 35.2 Å². The fourth-order valence-corrected chi connectivity index (χ4v) is 2.96. The van der Waals surface area contributed by atoms with Gasteiger partial charge in [0.1, 0.15) is 5.82 Å². The van der Waals surface area contributed by atoms with Crippen molar-refractivity contribution in [1.29, 1.82) is 0 Å². The highest BCUT2D eigenvalue weighted by Gasteiger charge is 2.42. The normalized spacial score (nSPS) is 24.1. The first-order valence-corrected chi connectivity index (χ1v) is 6.17. The van der Waals surface area contributed by atoms with Crippen molar-refractivity contribution in [3.05, 3.63) is 35.6 Å². The Morgan fingerprint density at radius 2 is 2.12 bits per heavy atom. The molecule has 17 heavy (non-hydrogen) atoms. The standard InChI is InChI=1S/C14H20FNO/c1-14(2)12(7-8-16(14)9-10-17)11-5-3-4-6-13(11)15/h3-6,12,17H,7-10H2,1-2H3/t12-/m1/s1. The summed E-state index contributed by atoms with van der Waals surface area (Å²) in [6.45, 7) is 6.01. The first kappa shape index (κ1) is 12.5. The molecular formula is C14H20FNO. The molecule has 1 aromatic carbocycles. The van der Waals surface area contributed by atoms with Crippen LogP contribution >= 0.6 is 0 Å². The Kier molecular flexibility index (Phi) is 3.50. The van der Waals surface area contributed by atoms with Gasteiger partial charge in [-0.1, -0.05) is 18.2 Å². The van der Waals surface area contributed by atoms with E-state index < -0.39 is 0 Å². The molecule has 0 amide bonds. The molecule has 1 atom stereocenters. The van der Waals surface area contributed by atoms with Gasteiger partial charge < -0.3 is 5.11 Å². The number of halogens is 1. The van der Waals surface area contributed by atoms with Crippen LogP contribution in [0.5, 0.6) is 0 Å². The van der Waals surface area contributed by atoms with E-state index in [-0.39, 0.29) is 23.9 Å². The number of hydrogen-bond donors (Lipinski definition) is 1. The van der Waals surface area contributed by atoms with Crippen molar-refractivity contribution in [3.8, 4) is 0 Å². The molecule has 0 unspecified atom stereocenters. The molecule has 1 heterocycles. The van der Waals surface area contributed by atoms with E-state index in [0.717, 1.165) is 18.5 Å². The van der Waals surface area contributed by atoms with Gasteiger partial charge in [0.05, 0.1) is 6.61 Å². The predicted molar refractivity (Wildman–Crippen MR) is 66.5 cm³/mol. The number of benzene rings is 1. The summed E-state index contributed by atoms with van der Waals surface area (Å²) in [7, 11) is 0. The Morgan fingerprint density at radius 1 is 1.41 bits per heavy atom. The quantitative estimate of drug-likeness (QED) is 0.872. The van der Waals surface area contributed by atoms with E-state index in [2.05, 4.69) is 18.7 Å². The topological polar surface area (TPSA) is 23.5 Å². The lowest BCUT2D eigenvalue weighted by Crippen LogP contribution is -2.43. The summed E-state index contributed by atoms with van der Waals surface area (Å²) >= 11 is 0. The highest BCUT2D eigenvalue weighted by molar-refractivity contribution is 5.27. The van der Waals surface area contributed by atoms with Gasteiger partial charge in [-0.25, -0.2) is 4.39 Å². The van der Waals surface area contributed by atoms with Crippen LogP contribution in [0.1, 0.15) is 31.7 Å². The molecule has 0 bridgehead atoms. The van der Waals surface area contributed by atoms with Crippen LogP contribution < -0.4 is 0 Å². The lowest BCUT2D eigenvalue weighted by Gasteiger charge is -2.36. The lowest BCUT2D eigenvalue weighted by atomic mass is 9.82. The molecule has 3 heteroatoms. The van der Waals surface area contributed by atoms with Crippen LogP contribution in [0.25, 0.3) is 0 Å². The van der Waals surface area contributed by atoms with Gasteiger partial charge in [0.15, 0.2) is 0 Å². The van der Waals surface area contributed by atoms with Crippen molar-refractivity contribution < 1.29 is 9.50 Å². The van der Waals surface area contributed by atoms with E-state index in [4.69, 9.17) is 5.11 Å². The summed E-state index contributed by atoms with van der Waals surface area (Å²) in [5, 5.41) is 9.05. The summed E-state index contributed by atoms with van der Waals surface area (Å²) in [5.41, 5.74) is 0.711. The highest BCUT2D eigenvalue weighted by atomic mass is 19.1. The lowest BCUT2D eigenvalue weighted by molar-refractivity contribution is 0.126. The molecule has 1 aliphatic rings. The van der Waals surface area contributed by atoms with Crippen molar-refractivity contribution in [2.75, 3.05) is 19.7 Å². The molecule has 0 aromatic heterocycles. The fourth-order valence-electron chi connectivity index (χ4n) is 2.96. The van der Waals surface area contributed by atoms with Crippen LogP contribution in [0.3, 0.4) is 0 Å². The minimum absolute atomic E-state index is 0.0923. The van der Waals surface area contributed by atoms with Gasteiger partial charge in [0, 0.05) is 18.0 Å². The first-order valence-electron chi connectivity index (χ1n) is 6.17. The van der Waals surface area contributed by atoms with Crippen molar-refractivity contribution in [2.45, 2.75) is 31.7 Å². The Hall–Kier alpha value is -0.930. The van der Waals surface area contributed by atoms with Crippen LogP contribution in [0, 0.1) is 5.82 Å². The van der Waals surface area contributed by atoms with E-state index in [1.54, 1.807) is 6.07 Å². The summed E-state index contributed by atoms with van der Waals surface area (Å²) in [5.74, 6) is 0.0895. The molecular weight excluding hydrogens is 217 g/mol. The number of rotatable bonds is 3. The highest BCUT2D eigenvalue weighted by Crippen LogP contribution is 2.42. The number of aliphatic hydroxyl groups is 1. The third-order valence-electron chi connectivity index (χ3n) is 4.01. The zero-order valence-electron chi connectivity index (χ0n) is 10.5. The van der Waals surface area contributed by atoms with Gasteiger partial charge in [0.25, 0.3) is 0 Å². The van der Waals surface area contributed by atoms with Crippen molar-refractivity contribution in [3.63, 3.8) is 0 Å². The Morgan fingerprint density at radius 3 is 2.76 bits per heavy atom. The average Bonchev–Trinajstić information content (AvgIpc) is 2.57. The third-order valence-corrected chi connectivity index (χ3v) is 4.01. The first-order chi connectivity index (χ1) is 8.07. The number of likely N-dealkylation sites (tertiary alicyclic amines) is 1. The van der Waals surface area contributed by atoms with Crippen LogP contribution in [0.15, 0.2) is 24.3 Å². The molecule has 1 aliphatic heterocycles. The maximum absolute atomic E-state index is 13.8. The number of hydrogen-bond acceptors (Lipinski definition) is 2. The molecule has 0 saturated carbocycles. The largest absolute Gasteiger partial charge is 0.395 e. The fraction of sp³-hybridized carbons (Fsp3) is 0.571. The summed E-state index contributed by atoms with van der Waals surface area (Å²) in [6.07, 6.45) is 0.952. The molecule has 2 rings (SSSR count). The molecule has 1 saturated heterocycles. The molecule has 0 aliphatic carbocycles. The van der Waals surface area contributed by atoms with Gasteiger partial charge in [-0.3, -0.25) is 4.90 Å². The zero-order valence-corrected chi connectivity index (χ0v) is 10.5. The van der Waals surface area contributed by atoms with E-state index in [9.17, 15) is 4.39 Å². The monoisotopic (exact) mass is 237 g/mol. The van der Waals surface area contributed by atoms with Gasteiger partial charge in [0.2, 0.25) is 0 Å².